The van der Waals surface area contributed by atoms with E-state index in [1.807, 2.05) is 6.92 Å². The standard InChI is InChI=1S/C19H20F2O2S2/c1-14-9-11-16(12-10-14)25(22,23)13-18(17(2,3)19(18,20)21)24-15-7-5-4-6-8-15/h4-12H,13H2,1-3H3. The largest absolute Gasteiger partial charge is 0.271 e. The maximum atomic E-state index is 14.7. The van der Waals surface area contributed by atoms with Gasteiger partial charge in [-0.25, -0.2) is 17.2 Å². The minimum Gasteiger partial charge on any atom is -0.224 e. The van der Waals surface area contributed by atoms with Crippen LogP contribution in [0.1, 0.15) is 19.4 Å². The lowest BCUT2D eigenvalue weighted by Gasteiger charge is -2.18. The predicted molar refractivity (Wildman–Crippen MR) is 97.0 cm³/mol. The minimum absolute atomic E-state index is 0.0876. The van der Waals surface area contributed by atoms with Crippen molar-refractivity contribution in [1.82, 2.24) is 0 Å². The molecule has 1 fully saturated rings. The first-order chi connectivity index (χ1) is 11.5. The Balaban J connectivity index is 1.99. The van der Waals surface area contributed by atoms with Crippen molar-refractivity contribution < 1.29 is 17.2 Å². The van der Waals surface area contributed by atoms with Crippen molar-refractivity contribution in [2.45, 2.75) is 41.2 Å². The lowest BCUT2D eigenvalue weighted by Crippen LogP contribution is -2.27. The van der Waals surface area contributed by atoms with Crippen molar-refractivity contribution >= 4 is 21.6 Å². The van der Waals surface area contributed by atoms with Crippen LogP contribution in [-0.2, 0) is 9.84 Å². The highest BCUT2D eigenvalue weighted by Crippen LogP contribution is 2.76. The van der Waals surface area contributed by atoms with Crippen LogP contribution in [0.2, 0.25) is 0 Å². The molecule has 2 aromatic carbocycles. The summed E-state index contributed by atoms with van der Waals surface area (Å²) in [5.74, 6) is -3.67. The van der Waals surface area contributed by atoms with Crippen LogP contribution < -0.4 is 0 Å². The number of thioether (sulfide) groups is 1. The molecule has 0 heterocycles. The van der Waals surface area contributed by atoms with Crippen molar-refractivity contribution in [2.24, 2.45) is 5.41 Å². The van der Waals surface area contributed by atoms with E-state index in [0.29, 0.717) is 4.90 Å². The van der Waals surface area contributed by atoms with Gasteiger partial charge < -0.3 is 0 Å². The number of hydrogen-bond donors (Lipinski definition) is 0. The Morgan fingerprint density at radius 2 is 1.48 bits per heavy atom. The van der Waals surface area contributed by atoms with Gasteiger partial charge in [-0.1, -0.05) is 49.7 Å². The van der Waals surface area contributed by atoms with E-state index in [9.17, 15) is 17.2 Å². The molecule has 2 nitrogen and oxygen atoms in total. The van der Waals surface area contributed by atoms with E-state index >= 15 is 0 Å². The Bertz CT molecular complexity index is 859. The van der Waals surface area contributed by atoms with Crippen molar-refractivity contribution in [3.05, 3.63) is 60.2 Å². The molecule has 0 aromatic heterocycles. The molecule has 1 unspecified atom stereocenters. The Kier molecular flexibility index (Phi) is 4.27. The first-order valence-electron chi connectivity index (χ1n) is 7.95. The van der Waals surface area contributed by atoms with Crippen LogP contribution in [0.3, 0.4) is 0 Å². The van der Waals surface area contributed by atoms with E-state index in [1.54, 1.807) is 42.5 Å². The molecule has 0 amide bonds. The second-order valence-electron chi connectivity index (χ2n) is 7.01. The van der Waals surface area contributed by atoms with Crippen molar-refractivity contribution in [3.8, 4) is 0 Å². The first-order valence-corrected chi connectivity index (χ1v) is 10.4. The summed E-state index contributed by atoms with van der Waals surface area (Å²) < 4.78 is 53.4. The van der Waals surface area contributed by atoms with E-state index in [2.05, 4.69) is 0 Å². The fourth-order valence-corrected chi connectivity index (χ4v) is 7.00. The predicted octanol–water partition coefficient (Wildman–Crippen LogP) is 4.97. The minimum atomic E-state index is -3.84. The third-order valence-electron chi connectivity index (χ3n) is 5.05. The number of aryl methyl sites for hydroxylation is 1. The fourth-order valence-electron chi connectivity index (χ4n) is 3.09. The Labute approximate surface area is 151 Å². The summed E-state index contributed by atoms with van der Waals surface area (Å²) in [6.07, 6.45) is 0. The molecular formula is C19H20F2O2S2. The Morgan fingerprint density at radius 3 is 1.96 bits per heavy atom. The summed E-state index contributed by atoms with van der Waals surface area (Å²) in [6.45, 7) is 4.72. The summed E-state index contributed by atoms with van der Waals surface area (Å²) in [5, 5.41) is 0. The highest BCUT2D eigenvalue weighted by molar-refractivity contribution is 8.02. The molecule has 0 N–H and O–H groups in total. The smallest absolute Gasteiger partial charge is 0.224 e. The van der Waals surface area contributed by atoms with Gasteiger partial charge >= 0.3 is 0 Å². The topological polar surface area (TPSA) is 34.1 Å². The lowest BCUT2D eigenvalue weighted by atomic mass is 10.1. The zero-order chi connectivity index (χ0) is 18.5. The number of alkyl halides is 2. The summed E-state index contributed by atoms with van der Waals surface area (Å²) in [4.78, 5) is 0.733. The number of sulfone groups is 1. The van der Waals surface area contributed by atoms with Crippen LogP contribution in [0.5, 0.6) is 0 Å². The molecule has 1 aliphatic rings. The average Bonchev–Trinajstić information content (AvgIpc) is 2.85. The van der Waals surface area contributed by atoms with Crippen LogP contribution in [0, 0.1) is 12.3 Å². The number of benzene rings is 2. The van der Waals surface area contributed by atoms with E-state index in [4.69, 9.17) is 0 Å². The van der Waals surface area contributed by atoms with Gasteiger partial charge in [-0.2, -0.15) is 0 Å². The zero-order valence-corrected chi connectivity index (χ0v) is 15.9. The quantitative estimate of drug-likeness (QED) is 0.732. The summed E-state index contributed by atoms with van der Waals surface area (Å²) in [5.41, 5.74) is -0.484. The van der Waals surface area contributed by atoms with E-state index in [-0.39, 0.29) is 4.90 Å². The number of halogens is 2. The van der Waals surface area contributed by atoms with E-state index in [0.717, 1.165) is 17.3 Å². The molecule has 0 spiro atoms. The van der Waals surface area contributed by atoms with Crippen LogP contribution in [0.4, 0.5) is 8.78 Å². The van der Waals surface area contributed by atoms with Crippen LogP contribution >= 0.6 is 11.8 Å². The normalized spacial score (nSPS) is 24.0. The Morgan fingerprint density at radius 1 is 0.960 bits per heavy atom. The average molecular weight is 382 g/mol. The van der Waals surface area contributed by atoms with E-state index in [1.165, 1.54) is 26.0 Å². The second-order valence-corrected chi connectivity index (χ2v) is 10.4. The highest BCUT2D eigenvalue weighted by Gasteiger charge is 2.87. The van der Waals surface area contributed by atoms with Gasteiger partial charge in [0, 0.05) is 4.90 Å². The second kappa shape index (κ2) is 5.81. The van der Waals surface area contributed by atoms with Gasteiger partial charge in [-0.3, -0.25) is 0 Å². The van der Waals surface area contributed by atoms with Crippen molar-refractivity contribution in [2.75, 3.05) is 5.75 Å². The molecule has 1 atom stereocenters. The monoisotopic (exact) mass is 382 g/mol. The highest BCUT2D eigenvalue weighted by atomic mass is 32.2. The maximum Gasteiger partial charge on any atom is 0.271 e. The molecule has 0 aliphatic heterocycles. The molecule has 134 valence electrons. The van der Waals surface area contributed by atoms with Gasteiger partial charge in [0.05, 0.1) is 16.1 Å². The Hall–Kier alpha value is -1.40. The maximum absolute atomic E-state index is 14.7. The third kappa shape index (κ3) is 2.79. The molecule has 1 saturated carbocycles. The summed E-state index contributed by atoms with van der Waals surface area (Å²) >= 11 is 0.966. The molecule has 6 heteroatoms. The number of rotatable bonds is 5. The molecule has 0 radical (unpaired) electrons. The van der Waals surface area contributed by atoms with Gasteiger partial charge in [0.25, 0.3) is 5.92 Å². The first kappa shape index (κ1) is 18.4. The number of hydrogen-bond acceptors (Lipinski definition) is 3. The van der Waals surface area contributed by atoms with Crippen LogP contribution in [-0.4, -0.2) is 24.8 Å². The molecule has 1 aliphatic carbocycles. The third-order valence-corrected chi connectivity index (χ3v) is 8.80. The lowest BCUT2D eigenvalue weighted by molar-refractivity contribution is 0.0715. The molecule has 0 bridgehead atoms. The van der Waals surface area contributed by atoms with Crippen LogP contribution in [0.15, 0.2) is 64.4 Å². The molecule has 3 rings (SSSR count). The molecular weight excluding hydrogens is 362 g/mol. The fraction of sp³-hybridized carbons (Fsp3) is 0.368. The van der Waals surface area contributed by atoms with Crippen LogP contribution in [0.25, 0.3) is 0 Å². The molecule has 2 aromatic rings. The summed E-state index contributed by atoms with van der Waals surface area (Å²) in [6, 6.07) is 15.1. The van der Waals surface area contributed by atoms with Gasteiger partial charge in [-0.15, -0.1) is 11.8 Å². The van der Waals surface area contributed by atoms with Gasteiger partial charge in [0.2, 0.25) is 0 Å². The van der Waals surface area contributed by atoms with Gasteiger partial charge in [-0.05, 0) is 31.2 Å². The van der Waals surface area contributed by atoms with Crippen molar-refractivity contribution in [3.63, 3.8) is 0 Å². The van der Waals surface area contributed by atoms with Gasteiger partial charge in [0.15, 0.2) is 9.84 Å². The summed E-state index contributed by atoms with van der Waals surface area (Å²) in [7, 11) is -3.84. The molecule has 0 saturated heterocycles. The zero-order valence-electron chi connectivity index (χ0n) is 14.3. The van der Waals surface area contributed by atoms with E-state index < -0.39 is 31.7 Å². The van der Waals surface area contributed by atoms with Gasteiger partial charge in [0.1, 0.15) is 4.75 Å². The SMILES string of the molecule is Cc1ccc(S(=O)(=O)CC2(Sc3ccccc3)C(C)(C)C2(F)F)cc1. The molecule has 25 heavy (non-hydrogen) atoms. The van der Waals surface area contributed by atoms with Crippen molar-refractivity contribution in [1.29, 1.82) is 0 Å².